The van der Waals surface area contributed by atoms with Crippen LogP contribution in [0.1, 0.15) is 30.6 Å². The molecule has 102 valence electrons. The van der Waals surface area contributed by atoms with Crippen LogP contribution in [-0.4, -0.2) is 14.9 Å². The second kappa shape index (κ2) is 6.17. The van der Waals surface area contributed by atoms with Crippen molar-refractivity contribution in [2.45, 2.75) is 32.4 Å². The highest BCUT2D eigenvalue weighted by atomic mass is 35.5. The van der Waals surface area contributed by atoms with Gasteiger partial charge in [0.25, 0.3) is 0 Å². The molecule has 2 aromatic rings. The SMILES string of the molecule is CCCn1cc(C(O)Cc2cccc(Cl)c2F)cn1. The van der Waals surface area contributed by atoms with E-state index in [1.54, 1.807) is 29.2 Å². The first-order chi connectivity index (χ1) is 9.11. The molecule has 1 atom stereocenters. The minimum absolute atomic E-state index is 0.0754. The van der Waals surface area contributed by atoms with Gasteiger partial charge < -0.3 is 5.11 Å². The summed E-state index contributed by atoms with van der Waals surface area (Å²) in [4.78, 5) is 0. The maximum absolute atomic E-state index is 13.7. The summed E-state index contributed by atoms with van der Waals surface area (Å²) < 4.78 is 15.5. The maximum Gasteiger partial charge on any atom is 0.145 e. The zero-order chi connectivity index (χ0) is 13.8. The number of aliphatic hydroxyl groups excluding tert-OH is 1. The van der Waals surface area contributed by atoms with E-state index in [9.17, 15) is 9.50 Å². The molecule has 19 heavy (non-hydrogen) atoms. The van der Waals surface area contributed by atoms with E-state index in [4.69, 9.17) is 11.6 Å². The Bertz CT molecular complexity index is 556. The van der Waals surface area contributed by atoms with E-state index in [0.717, 1.165) is 13.0 Å². The van der Waals surface area contributed by atoms with Gasteiger partial charge in [-0.2, -0.15) is 5.10 Å². The highest BCUT2D eigenvalue weighted by molar-refractivity contribution is 6.30. The molecule has 0 saturated heterocycles. The molecule has 1 N–H and O–H groups in total. The molecule has 0 saturated carbocycles. The van der Waals surface area contributed by atoms with Crippen molar-refractivity contribution in [3.63, 3.8) is 0 Å². The fourth-order valence-electron chi connectivity index (χ4n) is 1.94. The minimum Gasteiger partial charge on any atom is -0.388 e. The van der Waals surface area contributed by atoms with Gasteiger partial charge in [0.2, 0.25) is 0 Å². The lowest BCUT2D eigenvalue weighted by Gasteiger charge is -2.09. The van der Waals surface area contributed by atoms with Crippen LogP contribution in [0, 0.1) is 5.82 Å². The minimum atomic E-state index is -0.779. The third-order valence-corrected chi connectivity index (χ3v) is 3.23. The number of hydrogen-bond donors (Lipinski definition) is 1. The molecule has 0 spiro atoms. The predicted molar refractivity (Wildman–Crippen MR) is 72.6 cm³/mol. The van der Waals surface area contributed by atoms with E-state index >= 15 is 0 Å². The Hall–Kier alpha value is -1.39. The van der Waals surface area contributed by atoms with Crippen molar-refractivity contribution in [2.75, 3.05) is 0 Å². The first-order valence-corrected chi connectivity index (χ1v) is 6.63. The third-order valence-electron chi connectivity index (χ3n) is 2.94. The standard InChI is InChI=1S/C14H16ClFN2O/c1-2-6-18-9-11(8-17-18)13(19)7-10-4-3-5-12(15)14(10)16/h3-5,8-9,13,19H,2,6-7H2,1H3. The van der Waals surface area contributed by atoms with Crippen LogP contribution in [0.4, 0.5) is 4.39 Å². The van der Waals surface area contributed by atoms with Crippen molar-refractivity contribution in [1.82, 2.24) is 9.78 Å². The number of halogens is 2. The summed E-state index contributed by atoms with van der Waals surface area (Å²) in [7, 11) is 0. The Morgan fingerprint density at radius 2 is 2.26 bits per heavy atom. The lowest BCUT2D eigenvalue weighted by Crippen LogP contribution is -2.03. The van der Waals surface area contributed by atoms with Gasteiger partial charge in [0.05, 0.1) is 17.3 Å². The lowest BCUT2D eigenvalue weighted by atomic mass is 10.0. The van der Waals surface area contributed by atoms with Crippen LogP contribution in [0.3, 0.4) is 0 Å². The van der Waals surface area contributed by atoms with Crippen LogP contribution < -0.4 is 0 Å². The molecule has 0 aliphatic rings. The Labute approximate surface area is 116 Å². The molecular weight excluding hydrogens is 267 g/mol. The predicted octanol–water partition coefficient (Wildman–Crippen LogP) is 3.36. The van der Waals surface area contributed by atoms with Gasteiger partial charge in [-0.05, 0) is 18.1 Å². The molecule has 0 fully saturated rings. The Morgan fingerprint density at radius 1 is 1.47 bits per heavy atom. The van der Waals surface area contributed by atoms with Gasteiger partial charge in [-0.15, -0.1) is 0 Å². The van der Waals surface area contributed by atoms with Crippen molar-refractivity contribution in [3.8, 4) is 0 Å². The number of benzene rings is 1. The normalized spacial score (nSPS) is 12.6. The number of aromatic nitrogens is 2. The largest absolute Gasteiger partial charge is 0.388 e. The third kappa shape index (κ3) is 3.33. The van der Waals surface area contributed by atoms with E-state index in [2.05, 4.69) is 12.0 Å². The fourth-order valence-corrected chi connectivity index (χ4v) is 2.13. The summed E-state index contributed by atoms with van der Waals surface area (Å²) in [6.07, 6.45) is 3.78. The number of rotatable bonds is 5. The number of aryl methyl sites for hydroxylation is 1. The second-order valence-corrected chi connectivity index (χ2v) is 4.88. The molecule has 1 aromatic heterocycles. The Kier molecular flexibility index (Phi) is 4.56. The molecule has 1 heterocycles. The van der Waals surface area contributed by atoms with Gasteiger partial charge in [-0.3, -0.25) is 4.68 Å². The fraction of sp³-hybridized carbons (Fsp3) is 0.357. The van der Waals surface area contributed by atoms with Gasteiger partial charge in [-0.1, -0.05) is 30.7 Å². The topological polar surface area (TPSA) is 38.0 Å². The second-order valence-electron chi connectivity index (χ2n) is 4.47. The molecule has 0 radical (unpaired) electrons. The average Bonchev–Trinajstić information content (AvgIpc) is 2.84. The first kappa shape index (κ1) is 14.0. The average molecular weight is 283 g/mol. The van der Waals surface area contributed by atoms with Gasteiger partial charge in [0, 0.05) is 24.7 Å². The number of aliphatic hydroxyl groups is 1. The van der Waals surface area contributed by atoms with E-state index in [-0.39, 0.29) is 11.4 Å². The van der Waals surface area contributed by atoms with Gasteiger partial charge in [0.1, 0.15) is 5.82 Å². The molecule has 0 aliphatic carbocycles. The van der Waals surface area contributed by atoms with Crippen LogP contribution >= 0.6 is 11.6 Å². The summed E-state index contributed by atoms with van der Waals surface area (Å²) in [6.45, 7) is 2.86. The van der Waals surface area contributed by atoms with E-state index < -0.39 is 11.9 Å². The Morgan fingerprint density at radius 3 is 3.00 bits per heavy atom. The van der Waals surface area contributed by atoms with E-state index in [1.807, 2.05) is 0 Å². The lowest BCUT2D eigenvalue weighted by molar-refractivity contribution is 0.177. The van der Waals surface area contributed by atoms with Crippen LogP contribution in [-0.2, 0) is 13.0 Å². The molecule has 5 heteroatoms. The summed E-state index contributed by atoms with van der Waals surface area (Å²) in [6, 6.07) is 4.79. The van der Waals surface area contributed by atoms with Crippen molar-refractivity contribution >= 4 is 11.6 Å². The monoisotopic (exact) mass is 282 g/mol. The molecule has 0 bridgehead atoms. The van der Waals surface area contributed by atoms with Gasteiger partial charge in [-0.25, -0.2) is 4.39 Å². The van der Waals surface area contributed by atoms with Crippen LogP contribution in [0.2, 0.25) is 5.02 Å². The van der Waals surface area contributed by atoms with E-state index in [1.165, 1.54) is 6.07 Å². The molecule has 3 nitrogen and oxygen atoms in total. The highest BCUT2D eigenvalue weighted by Crippen LogP contribution is 2.23. The molecule has 2 rings (SSSR count). The number of hydrogen-bond acceptors (Lipinski definition) is 2. The Balaban J connectivity index is 2.11. The summed E-state index contributed by atoms with van der Waals surface area (Å²) in [5, 5.41) is 14.3. The molecule has 1 unspecified atom stereocenters. The molecular formula is C14H16ClFN2O. The van der Waals surface area contributed by atoms with Crippen LogP contribution in [0.15, 0.2) is 30.6 Å². The first-order valence-electron chi connectivity index (χ1n) is 6.25. The molecule has 0 amide bonds. The highest BCUT2D eigenvalue weighted by Gasteiger charge is 2.14. The van der Waals surface area contributed by atoms with Crippen LogP contribution in [0.5, 0.6) is 0 Å². The molecule has 1 aromatic carbocycles. The van der Waals surface area contributed by atoms with Crippen molar-refractivity contribution in [2.24, 2.45) is 0 Å². The van der Waals surface area contributed by atoms with Crippen molar-refractivity contribution in [1.29, 1.82) is 0 Å². The zero-order valence-electron chi connectivity index (χ0n) is 10.7. The zero-order valence-corrected chi connectivity index (χ0v) is 11.4. The van der Waals surface area contributed by atoms with Crippen molar-refractivity contribution < 1.29 is 9.50 Å². The quantitative estimate of drug-likeness (QED) is 0.913. The van der Waals surface area contributed by atoms with Crippen LogP contribution in [0.25, 0.3) is 0 Å². The maximum atomic E-state index is 13.7. The van der Waals surface area contributed by atoms with Gasteiger partial charge >= 0.3 is 0 Å². The number of nitrogens with zero attached hydrogens (tertiary/aromatic N) is 2. The smallest absolute Gasteiger partial charge is 0.145 e. The van der Waals surface area contributed by atoms with Gasteiger partial charge in [0.15, 0.2) is 0 Å². The van der Waals surface area contributed by atoms with Crippen molar-refractivity contribution in [3.05, 3.63) is 52.6 Å². The summed E-state index contributed by atoms with van der Waals surface area (Å²) >= 11 is 5.72. The summed E-state index contributed by atoms with van der Waals surface area (Å²) in [5.74, 6) is -0.468. The summed E-state index contributed by atoms with van der Waals surface area (Å²) in [5.41, 5.74) is 1.09. The van der Waals surface area contributed by atoms with E-state index in [0.29, 0.717) is 11.1 Å². The molecule has 0 aliphatic heterocycles.